The maximum atomic E-state index is 13.3. The summed E-state index contributed by atoms with van der Waals surface area (Å²) in [7, 11) is 0. The number of hydrogen-bond donors (Lipinski definition) is 3. The molecule has 0 amide bonds. The SMILES string of the molecule is CC1O[C@H]2C[C@H](n3ccc4ccccc4c3=O)O[C@@H]2COP(O)(=S)O[C@H]2C(O)[C@@H](COC1=O)O[C@H]2n1cnc2c(N)ncnc21. The van der Waals surface area contributed by atoms with Crippen LogP contribution in [0.5, 0.6) is 0 Å². The molecule has 0 spiro atoms. The van der Waals surface area contributed by atoms with Crippen LogP contribution in [0, 0.1) is 0 Å². The van der Waals surface area contributed by atoms with E-state index in [0.29, 0.717) is 5.39 Å². The van der Waals surface area contributed by atoms with Crippen molar-refractivity contribution < 1.29 is 42.8 Å². The number of nitrogens with two attached hydrogens (primary N) is 1. The van der Waals surface area contributed by atoms with Crippen molar-refractivity contribution in [2.75, 3.05) is 18.9 Å². The van der Waals surface area contributed by atoms with Crippen LogP contribution in [0.3, 0.4) is 0 Å². The van der Waals surface area contributed by atoms with E-state index < -0.39 is 61.8 Å². The monoisotopic (exact) mass is 660 g/mol. The fourth-order valence-corrected chi connectivity index (χ4v) is 7.21. The molecule has 0 radical (unpaired) electrons. The smallest absolute Gasteiger partial charge is 0.335 e. The second-order valence-electron chi connectivity index (χ2n) is 10.9. The number of cyclic esters (lactones) is 1. The van der Waals surface area contributed by atoms with Gasteiger partial charge in [-0.2, -0.15) is 0 Å². The third kappa shape index (κ3) is 5.64. The summed E-state index contributed by atoms with van der Waals surface area (Å²) in [5.41, 5.74) is 6.23. The van der Waals surface area contributed by atoms with Crippen molar-refractivity contribution in [2.24, 2.45) is 0 Å². The van der Waals surface area contributed by atoms with Gasteiger partial charge in [-0.25, -0.2) is 19.7 Å². The number of pyridine rings is 1. The summed E-state index contributed by atoms with van der Waals surface area (Å²) in [6, 6.07) is 8.99. The molecular weight excluding hydrogens is 631 g/mol. The van der Waals surface area contributed by atoms with Crippen LogP contribution in [0.25, 0.3) is 21.9 Å². The highest BCUT2D eigenvalue weighted by Gasteiger charge is 2.50. The molecule has 4 aromatic rings. The Kier molecular flexibility index (Phi) is 7.92. The molecule has 3 fully saturated rings. The first-order valence-corrected chi connectivity index (χ1v) is 16.7. The molecule has 6 heterocycles. The van der Waals surface area contributed by atoms with Crippen molar-refractivity contribution >= 4 is 52.2 Å². The van der Waals surface area contributed by atoms with Gasteiger partial charge in [-0.15, -0.1) is 0 Å². The highest BCUT2D eigenvalue weighted by Crippen LogP contribution is 2.50. The Balaban J connectivity index is 1.18. The van der Waals surface area contributed by atoms with E-state index in [1.165, 1.54) is 28.7 Å². The van der Waals surface area contributed by atoms with Crippen molar-refractivity contribution in [3.05, 3.63) is 59.5 Å². The Labute approximate surface area is 259 Å². The van der Waals surface area contributed by atoms with Crippen molar-refractivity contribution in [3.8, 4) is 0 Å². The summed E-state index contributed by atoms with van der Waals surface area (Å²) in [5.74, 6) is -0.589. The minimum Gasteiger partial charge on any atom is -0.461 e. The third-order valence-corrected chi connectivity index (χ3v) is 9.62. The van der Waals surface area contributed by atoms with Crippen molar-refractivity contribution in [2.45, 2.75) is 62.4 Å². The zero-order valence-electron chi connectivity index (χ0n) is 23.7. The predicted molar refractivity (Wildman–Crippen MR) is 159 cm³/mol. The van der Waals surface area contributed by atoms with Crippen LogP contribution in [0.15, 0.2) is 54.0 Å². The maximum Gasteiger partial charge on any atom is 0.335 e. The number of hydrogen-bond acceptors (Lipinski definition) is 14. The zero-order valence-corrected chi connectivity index (χ0v) is 25.4. The number of aliphatic hydroxyl groups excluding tert-OH is 1. The molecule has 7 rings (SSSR count). The lowest BCUT2D eigenvalue weighted by Crippen LogP contribution is -2.39. The molecule has 45 heavy (non-hydrogen) atoms. The van der Waals surface area contributed by atoms with E-state index in [0.717, 1.165) is 5.39 Å². The Bertz CT molecular complexity index is 1870. The van der Waals surface area contributed by atoms with Crippen LogP contribution in [-0.4, -0.2) is 89.9 Å². The van der Waals surface area contributed by atoms with Crippen LogP contribution in [-0.2, 0) is 44.6 Å². The average Bonchev–Trinajstić information content (AvgIpc) is 3.71. The number of imidazole rings is 1. The number of carbonyl (C=O) groups is 1. The highest BCUT2D eigenvalue weighted by atomic mass is 32.5. The van der Waals surface area contributed by atoms with Crippen LogP contribution < -0.4 is 11.3 Å². The maximum absolute atomic E-state index is 13.3. The molecule has 1 aromatic carbocycles. The van der Waals surface area contributed by atoms with Gasteiger partial charge in [0.2, 0.25) is 0 Å². The Morgan fingerprint density at radius 1 is 1.02 bits per heavy atom. The number of ether oxygens (including phenoxy) is 4. The molecule has 3 aliphatic rings. The van der Waals surface area contributed by atoms with Gasteiger partial charge in [0, 0.05) is 18.0 Å². The number of aromatic nitrogens is 5. The second kappa shape index (κ2) is 11.8. The van der Waals surface area contributed by atoms with Gasteiger partial charge in [0.05, 0.1) is 19.0 Å². The zero-order chi connectivity index (χ0) is 31.5. The molecule has 18 heteroatoms. The Morgan fingerprint density at radius 2 is 1.84 bits per heavy atom. The number of anilines is 1. The third-order valence-electron chi connectivity index (χ3n) is 8.06. The Hall–Kier alpha value is -3.38. The van der Waals surface area contributed by atoms with Crippen LogP contribution in [0.1, 0.15) is 25.8 Å². The van der Waals surface area contributed by atoms with Crippen molar-refractivity contribution in [1.82, 2.24) is 24.1 Å². The first-order chi connectivity index (χ1) is 21.6. The van der Waals surface area contributed by atoms with Gasteiger partial charge >= 0.3 is 12.7 Å². The Morgan fingerprint density at radius 3 is 2.69 bits per heavy atom. The molecule has 3 saturated heterocycles. The molecule has 3 unspecified atom stereocenters. The normalized spacial score (nSPS) is 34.4. The number of carbonyl (C=O) groups excluding carboxylic acids is 1. The van der Waals surface area contributed by atoms with Crippen LogP contribution >= 0.6 is 6.72 Å². The number of nitrogen functional groups attached to an aromatic ring is 1. The van der Waals surface area contributed by atoms with E-state index in [1.807, 2.05) is 12.1 Å². The number of rotatable bonds is 2. The van der Waals surface area contributed by atoms with Gasteiger partial charge < -0.3 is 39.2 Å². The largest absolute Gasteiger partial charge is 0.461 e. The van der Waals surface area contributed by atoms with Crippen LogP contribution in [0.4, 0.5) is 5.82 Å². The topological polar surface area (TPSA) is 205 Å². The van der Waals surface area contributed by atoms with Gasteiger partial charge in [-0.3, -0.25) is 18.5 Å². The first-order valence-electron chi connectivity index (χ1n) is 14.1. The van der Waals surface area contributed by atoms with Gasteiger partial charge in [0.15, 0.2) is 23.8 Å². The van der Waals surface area contributed by atoms with Gasteiger partial charge in [-0.1, -0.05) is 18.2 Å². The number of esters is 1. The van der Waals surface area contributed by atoms with E-state index in [-0.39, 0.29) is 42.2 Å². The summed E-state index contributed by atoms with van der Waals surface area (Å²) < 4.78 is 38.2. The van der Waals surface area contributed by atoms with Gasteiger partial charge in [0.25, 0.3) is 5.56 Å². The number of benzene rings is 1. The molecule has 0 aliphatic carbocycles. The summed E-state index contributed by atoms with van der Waals surface area (Å²) in [6.07, 6.45) is -3.94. The molecule has 9 atom stereocenters. The van der Waals surface area contributed by atoms with Crippen LogP contribution in [0.2, 0.25) is 0 Å². The van der Waals surface area contributed by atoms with E-state index in [1.54, 1.807) is 24.4 Å². The summed E-state index contributed by atoms with van der Waals surface area (Å²) in [5, 5.41) is 12.5. The van der Waals surface area contributed by atoms with Gasteiger partial charge in [-0.05, 0) is 36.2 Å². The fourth-order valence-electron chi connectivity index (χ4n) is 5.80. The van der Waals surface area contributed by atoms with E-state index in [9.17, 15) is 19.6 Å². The molecular formula is C27H29N6O10PS. The minimum absolute atomic E-state index is 0.124. The van der Waals surface area contributed by atoms with Gasteiger partial charge in [0.1, 0.15) is 49.1 Å². The number of nitrogens with zero attached hydrogens (tertiary/aromatic N) is 5. The highest BCUT2D eigenvalue weighted by molar-refractivity contribution is 8.07. The molecule has 4 N–H and O–H groups in total. The summed E-state index contributed by atoms with van der Waals surface area (Å²) in [4.78, 5) is 49.8. The molecule has 3 aliphatic heterocycles. The lowest BCUT2D eigenvalue weighted by Gasteiger charge is -2.28. The summed E-state index contributed by atoms with van der Waals surface area (Å²) in [6.45, 7) is -3.24. The predicted octanol–water partition coefficient (Wildman–Crippen LogP) is 0.918. The average molecular weight is 661 g/mol. The number of fused-ring (bicyclic) bond motifs is 5. The molecule has 16 nitrogen and oxygen atoms in total. The fraction of sp³-hybridized carbons (Fsp3) is 0.444. The van der Waals surface area contributed by atoms with Crippen molar-refractivity contribution in [3.63, 3.8) is 0 Å². The lowest BCUT2D eigenvalue weighted by atomic mass is 10.1. The van der Waals surface area contributed by atoms with Crippen molar-refractivity contribution in [1.29, 1.82) is 0 Å². The molecule has 3 aromatic heterocycles. The lowest BCUT2D eigenvalue weighted by molar-refractivity contribution is -0.167. The van der Waals surface area contributed by atoms with E-state index in [2.05, 4.69) is 15.0 Å². The minimum atomic E-state index is -4.08. The quantitative estimate of drug-likeness (QED) is 0.202. The molecule has 0 saturated carbocycles. The van der Waals surface area contributed by atoms with E-state index in [4.69, 9.17) is 45.5 Å². The molecule has 238 valence electrons. The summed E-state index contributed by atoms with van der Waals surface area (Å²) >= 11 is 5.35. The second-order valence-corrected chi connectivity index (χ2v) is 13.7. The molecule has 2 bridgehead atoms. The standard InChI is InChI=1S/C27H29N6O10PS/c1-13-27(36)38-9-18-21(34)22(26(42-18)33-12-31-20-23(28)29-11-30-24(20)33)43-44(37,45)39-10-17-16(40-13)8-19(41-17)32-7-6-14-4-2-3-5-15(14)25(32)35/h2-7,11-13,16-19,21-22,26,34H,8-10H2,1H3,(H,37,45)(H2,28,29,30)/t13?,16-,17+,18+,19+,21?,22-,26+,44?/m0/s1. The number of aliphatic hydroxyl groups is 1. The first kappa shape index (κ1) is 30.3. The van der Waals surface area contributed by atoms with E-state index >= 15 is 0 Å².